The van der Waals surface area contributed by atoms with Crippen LogP contribution in [0.3, 0.4) is 0 Å². The van der Waals surface area contributed by atoms with Gasteiger partial charge in [0.2, 0.25) is 5.91 Å². The average Bonchev–Trinajstić information content (AvgIpc) is 3.06. The molecule has 146 valence electrons. The van der Waals surface area contributed by atoms with Crippen LogP contribution in [0.25, 0.3) is 0 Å². The Hall–Kier alpha value is -2.30. The van der Waals surface area contributed by atoms with Crippen LogP contribution in [-0.2, 0) is 18.4 Å². The molecule has 0 unspecified atom stereocenters. The van der Waals surface area contributed by atoms with Crippen LogP contribution in [0.4, 0.5) is 5.69 Å². The fraction of sp³-hybridized carbons (Fsp3) is 0.389. The molecule has 0 radical (unpaired) electrons. The van der Waals surface area contributed by atoms with Crippen molar-refractivity contribution in [3.63, 3.8) is 0 Å². The van der Waals surface area contributed by atoms with Gasteiger partial charge in [0.25, 0.3) is 0 Å². The fourth-order valence-electron chi connectivity index (χ4n) is 2.87. The number of nitrogens with one attached hydrogen (secondary N) is 1. The predicted octanol–water partition coefficient (Wildman–Crippen LogP) is 1.56. The highest BCUT2D eigenvalue weighted by molar-refractivity contribution is 14.0. The van der Waals surface area contributed by atoms with Gasteiger partial charge in [0.1, 0.15) is 12.3 Å². The third kappa shape index (κ3) is 5.34. The van der Waals surface area contributed by atoms with Crippen LogP contribution in [0.15, 0.2) is 41.7 Å². The molecular formula is C18H25IN6O2. The number of aryl methyl sites for hydroxylation is 1. The number of nitrogens with zero attached hydrogens (tertiary/aromatic N) is 5. The molecule has 2 aromatic rings. The fourth-order valence-corrected chi connectivity index (χ4v) is 2.87. The van der Waals surface area contributed by atoms with E-state index < -0.39 is 0 Å². The molecule has 2 N–H and O–H groups in total. The molecule has 0 spiro atoms. The molecule has 1 amide bonds. The summed E-state index contributed by atoms with van der Waals surface area (Å²) in [4.78, 5) is 20.9. The summed E-state index contributed by atoms with van der Waals surface area (Å²) in [5, 5.41) is 16.8. The van der Waals surface area contributed by atoms with Gasteiger partial charge in [0.15, 0.2) is 5.96 Å². The van der Waals surface area contributed by atoms with Crippen LogP contribution in [0, 0.1) is 0 Å². The number of aliphatic imine (C=N–C) groups is 1. The van der Waals surface area contributed by atoms with Gasteiger partial charge in [-0.3, -0.25) is 9.48 Å². The van der Waals surface area contributed by atoms with Crippen molar-refractivity contribution >= 4 is 41.5 Å². The summed E-state index contributed by atoms with van der Waals surface area (Å²) in [6, 6.07) is 6.98. The van der Waals surface area contributed by atoms with Crippen molar-refractivity contribution < 1.29 is 9.90 Å². The number of phenolic OH excluding ortho intramolecular Hbond substituents is 1. The number of halogens is 1. The monoisotopic (exact) mass is 484 g/mol. The maximum absolute atomic E-state index is 12.6. The zero-order valence-electron chi connectivity index (χ0n) is 15.5. The van der Waals surface area contributed by atoms with Gasteiger partial charge in [-0.25, -0.2) is 4.99 Å². The van der Waals surface area contributed by atoms with Crippen molar-refractivity contribution in [1.82, 2.24) is 20.0 Å². The highest BCUT2D eigenvalue weighted by Crippen LogP contribution is 2.16. The zero-order chi connectivity index (χ0) is 18.5. The third-order valence-electron chi connectivity index (χ3n) is 4.21. The molecule has 2 heterocycles. The van der Waals surface area contributed by atoms with E-state index >= 15 is 0 Å². The van der Waals surface area contributed by atoms with E-state index in [1.165, 1.54) is 0 Å². The van der Waals surface area contributed by atoms with E-state index in [2.05, 4.69) is 15.4 Å². The summed E-state index contributed by atoms with van der Waals surface area (Å²) in [6.45, 7) is 4.78. The first-order valence-electron chi connectivity index (χ1n) is 8.67. The molecule has 1 aromatic carbocycles. The molecule has 0 aliphatic carbocycles. The lowest BCUT2D eigenvalue weighted by Gasteiger charge is -2.35. The summed E-state index contributed by atoms with van der Waals surface area (Å²) >= 11 is 0. The van der Waals surface area contributed by atoms with Crippen molar-refractivity contribution in [3.8, 4) is 5.75 Å². The second-order valence-corrected chi connectivity index (χ2v) is 6.18. The quantitative estimate of drug-likeness (QED) is 0.391. The molecular weight excluding hydrogens is 459 g/mol. The van der Waals surface area contributed by atoms with Gasteiger partial charge in [-0.05, 0) is 24.6 Å². The normalized spacial score (nSPS) is 14.9. The number of hydrogen-bond donors (Lipinski definition) is 2. The summed E-state index contributed by atoms with van der Waals surface area (Å²) in [5.41, 5.74) is 1.82. The zero-order valence-corrected chi connectivity index (χ0v) is 17.8. The van der Waals surface area contributed by atoms with E-state index in [1.807, 2.05) is 37.2 Å². The number of piperazine rings is 1. The molecule has 0 saturated carbocycles. The Morgan fingerprint density at radius 3 is 2.63 bits per heavy atom. The third-order valence-corrected chi connectivity index (χ3v) is 4.21. The van der Waals surface area contributed by atoms with E-state index in [9.17, 15) is 9.90 Å². The molecule has 1 fully saturated rings. The molecule has 1 aliphatic rings. The van der Waals surface area contributed by atoms with Crippen LogP contribution < -0.4 is 10.2 Å². The second kappa shape index (κ2) is 9.58. The Kier molecular flexibility index (Phi) is 7.45. The Morgan fingerprint density at radius 2 is 2.04 bits per heavy atom. The Morgan fingerprint density at radius 1 is 1.30 bits per heavy atom. The van der Waals surface area contributed by atoms with Crippen LogP contribution in [0.5, 0.6) is 5.75 Å². The first-order valence-corrected chi connectivity index (χ1v) is 8.67. The van der Waals surface area contributed by atoms with Crippen LogP contribution in [-0.4, -0.2) is 57.8 Å². The number of aromatic nitrogens is 2. The smallest absolute Gasteiger partial charge is 0.246 e. The van der Waals surface area contributed by atoms with E-state index in [0.29, 0.717) is 19.6 Å². The number of phenols is 1. The van der Waals surface area contributed by atoms with E-state index in [1.54, 1.807) is 27.9 Å². The minimum atomic E-state index is 0. The van der Waals surface area contributed by atoms with Gasteiger partial charge in [-0.1, -0.05) is 12.1 Å². The standard InChI is InChI=1S/C18H24N6O2.HI/c1-3-19-18(20-10-14-4-6-16(25)7-5-14)23-8-9-24(17(26)13-23)15-11-21-22(2)12-15;/h4-7,11-12,25H,3,8-10,13H2,1-2H3,(H,19,20);1H. The second-order valence-electron chi connectivity index (χ2n) is 6.18. The first kappa shape index (κ1) is 21.0. The lowest BCUT2D eigenvalue weighted by Crippen LogP contribution is -2.55. The van der Waals surface area contributed by atoms with Crippen molar-refractivity contribution in [2.45, 2.75) is 13.5 Å². The minimum absolute atomic E-state index is 0. The van der Waals surface area contributed by atoms with Gasteiger partial charge in [-0.2, -0.15) is 5.10 Å². The van der Waals surface area contributed by atoms with Gasteiger partial charge < -0.3 is 20.2 Å². The Bertz CT molecular complexity index is 789. The van der Waals surface area contributed by atoms with Crippen molar-refractivity contribution in [2.75, 3.05) is 31.1 Å². The molecule has 3 rings (SSSR count). The molecule has 1 aliphatic heterocycles. The van der Waals surface area contributed by atoms with Crippen LogP contribution in [0.1, 0.15) is 12.5 Å². The van der Waals surface area contributed by atoms with E-state index in [-0.39, 0.29) is 42.2 Å². The average molecular weight is 484 g/mol. The molecule has 1 saturated heterocycles. The van der Waals surface area contributed by atoms with Crippen molar-refractivity contribution in [2.24, 2.45) is 12.0 Å². The predicted molar refractivity (Wildman–Crippen MR) is 115 cm³/mol. The number of carbonyl (C=O) groups is 1. The number of carbonyl (C=O) groups excluding carboxylic acids is 1. The van der Waals surface area contributed by atoms with Crippen LogP contribution >= 0.6 is 24.0 Å². The number of rotatable bonds is 4. The molecule has 0 atom stereocenters. The SMILES string of the molecule is CCNC(=NCc1ccc(O)cc1)N1CCN(c2cnn(C)c2)C(=O)C1.I. The van der Waals surface area contributed by atoms with Gasteiger partial charge >= 0.3 is 0 Å². The van der Waals surface area contributed by atoms with Gasteiger partial charge in [-0.15, -0.1) is 24.0 Å². The van der Waals surface area contributed by atoms with Crippen LogP contribution in [0.2, 0.25) is 0 Å². The highest BCUT2D eigenvalue weighted by Gasteiger charge is 2.27. The summed E-state index contributed by atoms with van der Waals surface area (Å²) in [6.07, 6.45) is 3.55. The number of aromatic hydroxyl groups is 1. The number of benzene rings is 1. The lowest BCUT2D eigenvalue weighted by molar-refractivity contribution is -0.120. The maximum Gasteiger partial charge on any atom is 0.246 e. The highest BCUT2D eigenvalue weighted by atomic mass is 127. The molecule has 8 nitrogen and oxygen atoms in total. The Balaban J connectivity index is 0.00000261. The molecule has 0 bridgehead atoms. The number of guanidine groups is 1. The topological polar surface area (TPSA) is 86.0 Å². The molecule has 1 aromatic heterocycles. The van der Waals surface area contributed by atoms with Gasteiger partial charge in [0, 0.05) is 32.9 Å². The first-order chi connectivity index (χ1) is 12.6. The van der Waals surface area contributed by atoms with E-state index in [0.717, 1.165) is 23.8 Å². The summed E-state index contributed by atoms with van der Waals surface area (Å²) in [5.74, 6) is 0.987. The van der Waals surface area contributed by atoms with Crippen molar-refractivity contribution in [1.29, 1.82) is 0 Å². The van der Waals surface area contributed by atoms with Gasteiger partial charge in [0.05, 0.1) is 18.4 Å². The van der Waals surface area contributed by atoms with E-state index in [4.69, 9.17) is 0 Å². The minimum Gasteiger partial charge on any atom is -0.508 e. The molecule has 9 heteroatoms. The Labute approximate surface area is 175 Å². The maximum atomic E-state index is 12.6. The molecule has 27 heavy (non-hydrogen) atoms. The van der Waals surface area contributed by atoms with Crippen molar-refractivity contribution in [3.05, 3.63) is 42.2 Å². The summed E-state index contributed by atoms with van der Waals surface area (Å²) in [7, 11) is 1.84. The largest absolute Gasteiger partial charge is 0.508 e. The number of amides is 1. The lowest BCUT2D eigenvalue weighted by atomic mass is 10.2. The summed E-state index contributed by atoms with van der Waals surface area (Å²) < 4.78 is 1.69. The number of hydrogen-bond acceptors (Lipinski definition) is 4. The number of anilines is 1.